The van der Waals surface area contributed by atoms with E-state index in [-0.39, 0.29) is 11.7 Å². The number of halogens is 1. The fourth-order valence-corrected chi connectivity index (χ4v) is 3.24. The Morgan fingerprint density at radius 3 is 2.45 bits per heavy atom. The number of anilines is 1. The van der Waals surface area contributed by atoms with Crippen LogP contribution in [-0.4, -0.2) is 23.9 Å². The van der Waals surface area contributed by atoms with Crippen LogP contribution in [0, 0.1) is 6.92 Å². The predicted octanol–water partition coefficient (Wildman–Crippen LogP) is 4.60. The van der Waals surface area contributed by atoms with Crippen LogP contribution < -0.4 is 15.0 Å². The molecule has 2 aromatic carbocycles. The van der Waals surface area contributed by atoms with Crippen LogP contribution in [0.15, 0.2) is 52.5 Å². The Labute approximate surface area is 177 Å². The van der Waals surface area contributed by atoms with E-state index in [9.17, 15) is 14.4 Å². The van der Waals surface area contributed by atoms with Crippen LogP contribution in [0.5, 0.6) is 5.75 Å². The molecule has 6 nitrogen and oxygen atoms in total. The minimum absolute atomic E-state index is 0.0651. The van der Waals surface area contributed by atoms with Crippen LogP contribution in [0.25, 0.3) is 6.08 Å². The molecule has 1 atom stereocenters. The molecule has 1 aliphatic heterocycles. The lowest BCUT2D eigenvalue weighted by Gasteiger charge is -2.26. The molecule has 4 amide bonds. The standard InChI is InChI=1S/C22H21BrN2O4/c1-4-14(3)29-19-10-7-15(12-18(19)23)11-17-20(26)24-22(28)25(21(17)27)16-8-5-13(2)6-9-16/h5-12,14H,4H2,1-3H3,(H,24,26,28)/b17-11+/t14-/m0/s1. The van der Waals surface area contributed by atoms with Gasteiger partial charge in [0.1, 0.15) is 11.3 Å². The Morgan fingerprint density at radius 2 is 1.83 bits per heavy atom. The molecule has 0 spiro atoms. The lowest BCUT2D eigenvalue weighted by molar-refractivity contribution is -0.122. The maximum atomic E-state index is 12.9. The smallest absolute Gasteiger partial charge is 0.335 e. The van der Waals surface area contributed by atoms with Crippen LogP contribution in [-0.2, 0) is 9.59 Å². The van der Waals surface area contributed by atoms with Gasteiger partial charge in [-0.05, 0) is 72.1 Å². The Morgan fingerprint density at radius 1 is 1.14 bits per heavy atom. The second-order valence-electron chi connectivity index (χ2n) is 6.82. The van der Waals surface area contributed by atoms with Crippen molar-refractivity contribution < 1.29 is 19.1 Å². The number of aryl methyl sites for hydroxylation is 1. The number of hydrogen-bond donors (Lipinski definition) is 1. The number of hydrogen-bond acceptors (Lipinski definition) is 4. The monoisotopic (exact) mass is 456 g/mol. The molecule has 1 N–H and O–H groups in total. The number of carbonyl (C=O) groups is 3. The molecule has 1 heterocycles. The van der Waals surface area contributed by atoms with Crippen molar-refractivity contribution in [3.63, 3.8) is 0 Å². The Hall–Kier alpha value is -2.93. The molecule has 1 saturated heterocycles. The zero-order chi connectivity index (χ0) is 21.1. The van der Waals surface area contributed by atoms with Crippen molar-refractivity contribution >= 4 is 45.5 Å². The van der Waals surface area contributed by atoms with E-state index in [4.69, 9.17) is 4.74 Å². The highest BCUT2D eigenvalue weighted by atomic mass is 79.9. The van der Waals surface area contributed by atoms with Gasteiger partial charge >= 0.3 is 6.03 Å². The first-order chi connectivity index (χ1) is 13.8. The van der Waals surface area contributed by atoms with Crippen molar-refractivity contribution in [2.45, 2.75) is 33.3 Å². The predicted molar refractivity (Wildman–Crippen MR) is 115 cm³/mol. The van der Waals surface area contributed by atoms with Crippen LogP contribution in [0.1, 0.15) is 31.4 Å². The Balaban J connectivity index is 1.92. The maximum Gasteiger partial charge on any atom is 0.335 e. The topological polar surface area (TPSA) is 75.7 Å². The summed E-state index contributed by atoms with van der Waals surface area (Å²) >= 11 is 3.46. The van der Waals surface area contributed by atoms with Gasteiger partial charge in [0.25, 0.3) is 11.8 Å². The van der Waals surface area contributed by atoms with Crippen LogP contribution in [0.2, 0.25) is 0 Å². The number of rotatable bonds is 5. The zero-order valence-electron chi connectivity index (χ0n) is 16.4. The molecular weight excluding hydrogens is 436 g/mol. The summed E-state index contributed by atoms with van der Waals surface area (Å²) in [6.07, 6.45) is 2.40. The van der Waals surface area contributed by atoms with Crippen molar-refractivity contribution in [3.05, 3.63) is 63.6 Å². The van der Waals surface area contributed by atoms with E-state index in [1.165, 1.54) is 6.08 Å². The third kappa shape index (κ3) is 4.56. The molecule has 0 aliphatic carbocycles. The van der Waals surface area contributed by atoms with Crippen LogP contribution in [0.4, 0.5) is 10.5 Å². The summed E-state index contributed by atoms with van der Waals surface area (Å²) in [4.78, 5) is 38.4. The zero-order valence-corrected chi connectivity index (χ0v) is 17.9. The third-order valence-corrected chi connectivity index (χ3v) is 5.18. The summed E-state index contributed by atoms with van der Waals surface area (Å²) < 4.78 is 6.52. The first-order valence-corrected chi connectivity index (χ1v) is 10.0. The second-order valence-corrected chi connectivity index (χ2v) is 7.67. The Bertz CT molecular complexity index is 998. The van der Waals surface area contributed by atoms with E-state index in [0.29, 0.717) is 21.5 Å². The number of amides is 4. The minimum atomic E-state index is -0.764. The molecule has 150 valence electrons. The number of ether oxygens (including phenoxy) is 1. The van der Waals surface area contributed by atoms with Gasteiger partial charge in [0, 0.05) is 0 Å². The van der Waals surface area contributed by atoms with Crippen molar-refractivity contribution in [2.75, 3.05) is 4.90 Å². The molecule has 0 bridgehead atoms. The highest BCUT2D eigenvalue weighted by Gasteiger charge is 2.36. The molecule has 0 saturated carbocycles. The van der Waals surface area contributed by atoms with Gasteiger partial charge in [0.15, 0.2) is 0 Å². The Kier molecular flexibility index (Phi) is 6.17. The quantitative estimate of drug-likeness (QED) is 0.526. The van der Waals surface area contributed by atoms with Crippen molar-refractivity contribution in [3.8, 4) is 5.75 Å². The first-order valence-electron chi connectivity index (χ1n) is 9.24. The summed E-state index contributed by atoms with van der Waals surface area (Å²) in [5.74, 6) is -0.713. The van der Waals surface area contributed by atoms with Gasteiger partial charge < -0.3 is 4.74 Å². The average molecular weight is 457 g/mol. The summed E-state index contributed by atoms with van der Waals surface area (Å²) in [6.45, 7) is 5.92. The fourth-order valence-electron chi connectivity index (χ4n) is 2.75. The van der Waals surface area contributed by atoms with Gasteiger partial charge in [0.05, 0.1) is 16.3 Å². The van der Waals surface area contributed by atoms with Gasteiger partial charge in [-0.25, -0.2) is 9.69 Å². The number of nitrogens with zero attached hydrogens (tertiary/aromatic N) is 1. The average Bonchev–Trinajstić information content (AvgIpc) is 2.68. The van der Waals surface area contributed by atoms with Gasteiger partial charge in [0.2, 0.25) is 0 Å². The van der Waals surface area contributed by atoms with Gasteiger partial charge in [-0.1, -0.05) is 30.7 Å². The molecule has 0 radical (unpaired) electrons. The molecular formula is C22H21BrN2O4. The third-order valence-electron chi connectivity index (χ3n) is 4.56. The van der Waals surface area contributed by atoms with E-state index in [2.05, 4.69) is 21.2 Å². The van der Waals surface area contributed by atoms with Crippen molar-refractivity contribution in [1.29, 1.82) is 0 Å². The van der Waals surface area contributed by atoms with E-state index in [1.54, 1.807) is 42.5 Å². The normalized spacial score (nSPS) is 16.8. The molecule has 7 heteroatoms. The van der Waals surface area contributed by atoms with E-state index < -0.39 is 17.8 Å². The molecule has 0 unspecified atom stereocenters. The number of barbiturate groups is 1. The van der Waals surface area contributed by atoms with E-state index >= 15 is 0 Å². The largest absolute Gasteiger partial charge is 0.490 e. The maximum absolute atomic E-state index is 12.9. The van der Waals surface area contributed by atoms with E-state index in [1.807, 2.05) is 20.8 Å². The number of nitrogens with one attached hydrogen (secondary N) is 1. The molecule has 1 aliphatic rings. The van der Waals surface area contributed by atoms with Crippen molar-refractivity contribution in [1.82, 2.24) is 5.32 Å². The van der Waals surface area contributed by atoms with Gasteiger partial charge in [-0.15, -0.1) is 0 Å². The summed E-state index contributed by atoms with van der Waals surface area (Å²) in [7, 11) is 0. The number of urea groups is 1. The van der Waals surface area contributed by atoms with Crippen molar-refractivity contribution in [2.24, 2.45) is 0 Å². The van der Waals surface area contributed by atoms with Gasteiger partial charge in [-0.3, -0.25) is 14.9 Å². The van der Waals surface area contributed by atoms with Crippen LogP contribution >= 0.6 is 15.9 Å². The summed E-state index contributed by atoms with van der Waals surface area (Å²) in [6, 6.07) is 11.4. The lowest BCUT2D eigenvalue weighted by atomic mass is 10.1. The molecule has 0 aromatic heterocycles. The molecule has 1 fully saturated rings. The SMILES string of the molecule is CC[C@H](C)Oc1ccc(/C=C2\C(=O)NC(=O)N(c3ccc(C)cc3)C2=O)cc1Br. The lowest BCUT2D eigenvalue weighted by Crippen LogP contribution is -2.54. The van der Waals surface area contributed by atoms with Crippen LogP contribution in [0.3, 0.4) is 0 Å². The highest BCUT2D eigenvalue weighted by Crippen LogP contribution is 2.29. The number of carbonyl (C=O) groups excluding carboxylic acids is 3. The second kappa shape index (κ2) is 8.61. The molecule has 2 aromatic rings. The fraction of sp³-hybridized carbons (Fsp3) is 0.227. The number of imide groups is 2. The van der Waals surface area contributed by atoms with E-state index in [0.717, 1.165) is 16.9 Å². The first kappa shape index (κ1) is 20.8. The summed E-state index contributed by atoms with van der Waals surface area (Å²) in [5, 5.41) is 2.23. The van der Waals surface area contributed by atoms with Gasteiger partial charge in [-0.2, -0.15) is 0 Å². The molecule has 29 heavy (non-hydrogen) atoms. The highest BCUT2D eigenvalue weighted by molar-refractivity contribution is 9.10. The summed E-state index contributed by atoms with van der Waals surface area (Å²) in [5.41, 5.74) is 1.91. The number of benzene rings is 2. The molecule has 3 rings (SSSR count). The minimum Gasteiger partial charge on any atom is -0.490 e.